The van der Waals surface area contributed by atoms with Crippen LogP contribution in [0.2, 0.25) is 0 Å². The molecular weight excluding hydrogens is 288 g/mol. The van der Waals surface area contributed by atoms with Gasteiger partial charge in [-0.3, -0.25) is 14.7 Å². The molecular formula is C18H24N4O. The van der Waals surface area contributed by atoms with Gasteiger partial charge in [0.25, 0.3) is 5.56 Å². The van der Waals surface area contributed by atoms with Crippen molar-refractivity contribution in [3.05, 3.63) is 57.0 Å². The first-order valence-corrected chi connectivity index (χ1v) is 8.08. The summed E-state index contributed by atoms with van der Waals surface area (Å²) < 4.78 is 0. The lowest BCUT2D eigenvalue weighted by atomic mass is 9.95. The van der Waals surface area contributed by atoms with Crippen molar-refractivity contribution in [1.82, 2.24) is 19.9 Å². The van der Waals surface area contributed by atoms with E-state index in [2.05, 4.69) is 41.7 Å². The highest BCUT2D eigenvalue weighted by Crippen LogP contribution is 2.21. The molecule has 1 aliphatic heterocycles. The number of nitrogens with one attached hydrogen (secondary N) is 1. The van der Waals surface area contributed by atoms with Crippen LogP contribution in [0.1, 0.15) is 49.0 Å². The van der Waals surface area contributed by atoms with Crippen LogP contribution in [0.25, 0.3) is 0 Å². The van der Waals surface area contributed by atoms with Gasteiger partial charge in [-0.25, -0.2) is 4.98 Å². The molecule has 3 heterocycles. The minimum Gasteiger partial charge on any atom is -0.310 e. The van der Waals surface area contributed by atoms with Crippen molar-refractivity contribution in [2.45, 2.75) is 52.6 Å². The maximum atomic E-state index is 12.4. The molecule has 0 amide bonds. The van der Waals surface area contributed by atoms with Crippen LogP contribution < -0.4 is 5.56 Å². The zero-order chi connectivity index (χ0) is 16.6. The Kier molecular flexibility index (Phi) is 4.06. The quantitative estimate of drug-likeness (QED) is 0.924. The van der Waals surface area contributed by atoms with Gasteiger partial charge in [0.15, 0.2) is 0 Å². The number of aryl methyl sites for hydroxylation is 1. The Hall–Kier alpha value is -2.01. The second-order valence-corrected chi connectivity index (χ2v) is 7.42. The maximum Gasteiger partial charge on any atom is 0.255 e. The lowest BCUT2D eigenvalue weighted by Gasteiger charge is -2.29. The summed E-state index contributed by atoms with van der Waals surface area (Å²) in [6.07, 6.45) is 4.58. The van der Waals surface area contributed by atoms with Gasteiger partial charge in [-0.15, -0.1) is 0 Å². The number of aromatic nitrogens is 3. The molecule has 0 spiro atoms. The van der Waals surface area contributed by atoms with E-state index in [9.17, 15) is 4.79 Å². The second-order valence-electron chi connectivity index (χ2n) is 7.42. The van der Waals surface area contributed by atoms with E-state index in [1.807, 2.05) is 19.3 Å². The first-order chi connectivity index (χ1) is 10.8. The maximum absolute atomic E-state index is 12.4. The molecule has 0 aliphatic carbocycles. The summed E-state index contributed by atoms with van der Waals surface area (Å²) >= 11 is 0. The zero-order valence-electron chi connectivity index (χ0n) is 14.3. The predicted molar refractivity (Wildman–Crippen MR) is 90.3 cm³/mol. The average Bonchev–Trinajstić information content (AvgIpc) is 2.47. The first-order valence-electron chi connectivity index (χ1n) is 8.08. The Morgan fingerprint density at radius 3 is 2.78 bits per heavy atom. The molecule has 0 saturated carbocycles. The number of aromatic amines is 1. The molecule has 0 radical (unpaired) electrons. The number of rotatable bonds is 2. The van der Waals surface area contributed by atoms with Gasteiger partial charge in [0.2, 0.25) is 0 Å². The number of fused-ring (bicyclic) bond motifs is 1. The van der Waals surface area contributed by atoms with Crippen molar-refractivity contribution in [2.24, 2.45) is 0 Å². The zero-order valence-corrected chi connectivity index (χ0v) is 14.3. The summed E-state index contributed by atoms with van der Waals surface area (Å²) in [5.74, 6) is 0.776. The lowest BCUT2D eigenvalue weighted by molar-refractivity contribution is 0.240. The smallest absolute Gasteiger partial charge is 0.255 e. The molecule has 5 heteroatoms. The van der Waals surface area contributed by atoms with Crippen LogP contribution in [-0.2, 0) is 24.9 Å². The minimum atomic E-state index is -0.140. The van der Waals surface area contributed by atoms with Crippen molar-refractivity contribution >= 4 is 0 Å². The SMILES string of the molecule is Cc1cncc(CN2CCc3nc(C(C)(C)C)[nH]c(=O)c3C2)c1. The third-order valence-electron chi connectivity index (χ3n) is 4.20. The molecule has 2 aromatic rings. The fourth-order valence-corrected chi connectivity index (χ4v) is 2.93. The topological polar surface area (TPSA) is 61.9 Å². The summed E-state index contributed by atoms with van der Waals surface area (Å²) in [5.41, 5.74) is 3.98. The molecule has 23 heavy (non-hydrogen) atoms. The van der Waals surface area contributed by atoms with Crippen molar-refractivity contribution in [3.63, 3.8) is 0 Å². The van der Waals surface area contributed by atoms with Gasteiger partial charge in [0, 0.05) is 43.9 Å². The molecule has 5 nitrogen and oxygen atoms in total. The fraction of sp³-hybridized carbons (Fsp3) is 0.500. The fourth-order valence-electron chi connectivity index (χ4n) is 2.93. The monoisotopic (exact) mass is 312 g/mol. The Morgan fingerprint density at radius 2 is 2.09 bits per heavy atom. The van der Waals surface area contributed by atoms with Gasteiger partial charge >= 0.3 is 0 Å². The molecule has 0 fully saturated rings. The molecule has 2 aromatic heterocycles. The van der Waals surface area contributed by atoms with E-state index in [1.54, 1.807) is 0 Å². The Balaban J connectivity index is 1.83. The number of hydrogen-bond acceptors (Lipinski definition) is 4. The van der Waals surface area contributed by atoms with Crippen LogP contribution in [0.5, 0.6) is 0 Å². The third-order valence-corrected chi connectivity index (χ3v) is 4.20. The number of hydrogen-bond donors (Lipinski definition) is 1. The van der Waals surface area contributed by atoms with Gasteiger partial charge in [0.1, 0.15) is 5.82 Å². The average molecular weight is 312 g/mol. The molecule has 3 rings (SSSR count). The van der Waals surface area contributed by atoms with Crippen molar-refractivity contribution in [3.8, 4) is 0 Å². The molecule has 0 bridgehead atoms. The lowest BCUT2D eigenvalue weighted by Crippen LogP contribution is -2.37. The van der Waals surface area contributed by atoms with Crippen molar-refractivity contribution in [2.75, 3.05) is 6.54 Å². The number of nitrogens with zero attached hydrogens (tertiary/aromatic N) is 3. The normalized spacial score (nSPS) is 15.5. The van der Waals surface area contributed by atoms with Gasteiger partial charge in [-0.1, -0.05) is 26.8 Å². The third kappa shape index (κ3) is 3.50. The Morgan fingerprint density at radius 1 is 1.30 bits per heavy atom. The molecule has 1 aliphatic rings. The van der Waals surface area contributed by atoms with E-state index in [0.717, 1.165) is 42.2 Å². The largest absolute Gasteiger partial charge is 0.310 e. The molecule has 0 aromatic carbocycles. The highest BCUT2D eigenvalue weighted by molar-refractivity contribution is 5.23. The minimum absolute atomic E-state index is 0.00647. The highest BCUT2D eigenvalue weighted by Gasteiger charge is 2.24. The van der Waals surface area contributed by atoms with E-state index < -0.39 is 0 Å². The first kappa shape index (κ1) is 15.9. The van der Waals surface area contributed by atoms with Crippen LogP contribution in [0.15, 0.2) is 23.3 Å². The van der Waals surface area contributed by atoms with Gasteiger partial charge in [-0.2, -0.15) is 0 Å². The number of H-pyrrole nitrogens is 1. The van der Waals surface area contributed by atoms with E-state index in [0.29, 0.717) is 6.54 Å². The number of pyridine rings is 1. The summed E-state index contributed by atoms with van der Waals surface area (Å²) in [7, 11) is 0. The van der Waals surface area contributed by atoms with Crippen LogP contribution in [0, 0.1) is 6.92 Å². The Bertz CT molecular complexity index is 773. The van der Waals surface area contributed by atoms with E-state index in [4.69, 9.17) is 4.98 Å². The molecule has 122 valence electrons. The van der Waals surface area contributed by atoms with E-state index in [-0.39, 0.29) is 11.0 Å². The van der Waals surface area contributed by atoms with E-state index in [1.165, 1.54) is 5.56 Å². The van der Waals surface area contributed by atoms with Crippen LogP contribution in [-0.4, -0.2) is 26.4 Å². The van der Waals surface area contributed by atoms with Crippen LogP contribution in [0.3, 0.4) is 0 Å². The summed E-state index contributed by atoms with van der Waals surface area (Å²) in [4.78, 5) is 26.6. The standard InChI is InChI=1S/C18H24N4O/c1-12-7-13(9-19-8-12)10-22-6-5-15-14(11-22)16(23)21-17(20-15)18(2,3)4/h7-9H,5-6,10-11H2,1-4H3,(H,20,21,23). The van der Waals surface area contributed by atoms with Crippen molar-refractivity contribution < 1.29 is 0 Å². The van der Waals surface area contributed by atoms with Gasteiger partial charge < -0.3 is 4.98 Å². The molecule has 1 N–H and O–H groups in total. The highest BCUT2D eigenvalue weighted by atomic mass is 16.1. The molecule has 0 unspecified atom stereocenters. The molecule has 0 saturated heterocycles. The summed E-state index contributed by atoms with van der Waals surface area (Å²) in [6.45, 7) is 10.6. The van der Waals surface area contributed by atoms with Gasteiger partial charge in [-0.05, 0) is 18.1 Å². The van der Waals surface area contributed by atoms with Crippen LogP contribution in [0.4, 0.5) is 0 Å². The van der Waals surface area contributed by atoms with Crippen molar-refractivity contribution in [1.29, 1.82) is 0 Å². The van der Waals surface area contributed by atoms with Crippen LogP contribution >= 0.6 is 0 Å². The second kappa shape index (κ2) is 5.89. The van der Waals surface area contributed by atoms with E-state index >= 15 is 0 Å². The molecule has 0 atom stereocenters. The van der Waals surface area contributed by atoms with Gasteiger partial charge in [0.05, 0.1) is 11.3 Å². The predicted octanol–water partition coefficient (Wildman–Crippen LogP) is 2.33. The summed E-state index contributed by atoms with van der Waals surface area (Å²) in [6, 6.07) is 2.15. The Labute approximate surface area is 136 Å². The summed E-state index contributed by atoms with van der Waals surface area (Å²) in [5, 5.41) is 0.